The van der Waals surface area contributed by atoms with Crippen LogP contribution in [0.25, 0.3) is 5.70 Å². The summed E-state index contributed by atoms with van der Waals surface area (Å²) in [4.78, 5) is 46.9. The van der Waals surface area contributed by atoms with Crippen LogP contribution in [0.3, 0.4) is 0 Å². The van der Waals surface area contributed by atoms with Gasteiger partial charge in [0.1, 0.15) is 0 Å². The van der Waals surface area contributed by atoms with E-state index in [1.165, 1.54) is 5.56 Å². The number of carbonyl (C=O) groups is 3. The first-order valence-corrected chi connectivity index (χ1v) is 13.6. The molecule has 1 aliphatic carbocycles. The van der Waals surface area contributed by atoms with Crippen molar-refractivity contribution in [3.8, 4) is 0 Å². The summed E-state index contributed by atoms with van der Waals surface area (Å²) in [6.45, 7) is 3.89. The first-order chi connectivity index (χ1) is 18.0. The van der Waals surface area contributed by atoms with Crippen molar-refractivity contribution >= 4 is 39.0 Å². The lowest BCUT2D eigenvalue weighted by molar-refractivity contribution is -0.142. The number of nitrogens with one attached hydrogen (secondary N) is 1. The maximum Gasteiger partial charge on any atom is 0.318 e. The lowest BCUT2D eigenvalue weighted by Crippen LogP contribution is -2.51. The molecule has 8 nitrogen and oxygen atoms in total. The number of hydrogen-bond acceptors (Lipinski definition) is 8. The van der Waals surface area contributed by atoms with E-state index >= 15 is 0 Å². The Kier molecular flexibility index (Phi) is 6.26. The van der Waals surface area contributed by atoms with Gasteiger partial charge in [-0.15, -0.1) is 0 Å². The summed E-state index contributed by atoms with van der Waals surface area (Å²) in [5.41, 5.74) is 4.07. The molecule has 0 saturated carbocycles. The summed E-state index contributed by atoms with van der Waals surface area (Å²) in [5, 5.41) is 3.62. The van der Waals surface area contributed by atoms with Crippen molar-refractivity contribution in [2.24, 2.45) is 0 Å². The van der Waals surface area contributed by atoms with Gasteiger partial charge >= 0.3 is 11.9 Å². The van der Waals surface area contributed by atoms with Crippen LogP contribution in [-0.4, -0.2) is 58.1 Å². The van der Waals surface area contributed by atoms with Crippen LogP contribution in [0.1, 0.15) is 36.6 Å². The van der Waals surface area contributed by atoms with E-state index in [2.05, 4.69) is 22.3 Å². The second-order valence-electron chi connectivity index (χ2n) is 9.53. The van der Waals surface area contributed by atoms with Crippen molar-refractivity contribution in [1.29, 1.82) is 0 Å². The molecule has 9 heteroatoms. The van der Waals surface area contributed by atoms with Gasteiger partial charge in [0.15, 0.2) is 11.5 Å². The van der Waals surface area contributed by atoms with Crippen molar-refractivity contribution in [2.75, 3.05) is 19.6 Å². The number of hydrogen-bond donors (Lipinski definition) is 1. The molecular formula is C28H27N3O5S. The van der Waals surface area contributed by atoms with E-state index in [4.69, 9.17) is 13.9 Å². The third-order valence-corrected chi connectivity index (χ3v) is 8.91. The Labute approximate surface area is 217 Å². The minimum atomic E-state index is -1.23. The van der Waals surface area contributed by atoms with Gasteiger partial charge in [0.05, 0.1) is 39.6 Å². The number of fused-ring (bicyclic) bond motifs is 4. The minimum Gasteiger partial charge on any atom is -0.425 e. The van der Waals surface area contributed by atoms with Gasteiger partial charge in [-0.25, -0.2) is 0 Å². The van der Waals surface area contributed by atoms with E-state index in [0.29, 0.717) is 39.9 Å². The third kappa shape index (κ3) is 4.42. The van der Waals surface area contributed by atoms with Crippen LogP contribution in [0, 0.1) is 0 Å². The Morgan fingerprint density at radius 3 is 2.73 bits per heavy atom. The number of carbonyl (C=O) groups excluding carboxylic acids is 3. The second-order valence-corrected chi connectivity index (χ2v) is 11.3. The summed E-state index contributed by atoms with van der Waals surface area (Å²) in [6, 6.07) is 14.2. The molecule has 6 rings (SSSR count). The van der Waals surface area contributed by atoms with Gasteiger partial charge < -0.3 is 19.1 Å². The molecule has 0 radical (unpaired) electrons. The van der Waals surface area contributed by atoms with Crippen molar-refractivity contribution < 1.29 is 23.3 Å². The van der Waals surface area contributed by atoms with Gasteiger partial charge in [-0.2, -0.15) is 0 Å². The van der Waals surface area contributed by atoms with Crippen LogP contribution < -0.4 is 5.32 Å². The molecule has 190 valence electrons. The molecule has 1 unspecified atom stereocenters. The number of nitrogens with zero attached hydrogens (tertiary/aromatic N) is 2. The van der Waals surface area contributed by atoms with Gasteiger partial charge in [0.25, 0.3) is 0 Å². The fourth-order valence-corrected chi connectivity index (χ4v) is 7.09. The van der Waals surface area contributed by atoms with E-state index in [1.807, 2.05) is 30.3 Å². The minimum absolute atomic E-state index is 0.0691. The Hall–Kier alpha value is -3.56. The second kappa shape index (κ2) is 9.72. The summed E-state index contributed by atoms with van der Waals surface area (Å²) >= 11 is 0. The van der Waals surface area contributed by atoms with Crippen LogP contribution in [-0.2, 0) is 36.1 Å². The van der Waals surface area contributed by atoms with E-state index in [1.54, 1.807) is 13.1 Å². The van der Waals surface area contributed by atoms with Gasteiger partial charge in [-0.05, 0) is 30.5 Å². The zero-order valence-corrected chi connectivity index (χ0v) is 21.3. The number of pyridine rings is 1. The quantitative estimate of drug-likeness (QED) is 0.490. The van der Waals surface area contributed by atoms with Gasteiger partial charge in [-0.3, -0.25) is 19.4 Å². The van der Waals surface area contributed by atoms with Crippen LogP contribution >= 0.6 is 10.8 Å². The number of ether oxygens (including phenoxy) is 1. The topological polar surface area (TPSA) is 97.8 Å². The Balaban J connectivity index is 1.52. The molecule has 2 atom stereocenters. The monoisotopic (exact) mass is 517 g/mol. The fraction of sp³-hybridized carbons (Fsp3) is 0.321. The molecule has 4 heterocycles. The number of Topliss-reactive ketones (excluding diaryl/α,β-unsaturated/α-hetero) is 1. The SMILES string of the molecule is CC1=C2OC(=O)CCC(=O)OS1=C1C(=O)Cc3cccnc3C(N3CCN[C@@H](Cc4ccccc4)C3)=C21. The number of ketones is 1. The van der Waals surface area contributed by atoms with Crippen LogP contribution in [0.2, 0.25) is 0 Å². The number of allylic oxidation sites excluding steroid dienone is 2. The van der Waals surface area contributed by atoms with Crippen molar-refractivity contribution in [2.45, 2.75) is 38.6 Å². The Morgan fingerprint density at radius 2 is 1.89 bits per heavy atom. The number of benzene rings is 1. The van der Waals surface area contributed by atoms with Gasteiger partial charge in [0, 0.05) is 49.1 Å². The highest BCUT2D eigenvalue weighted by Crippen LogP contribution is 2.48. The largest absolute Gasteiger partial charge is 0.425 e. The maximum absolute atomic E-state index is 13.7. The zero-order valence-electron chi connectivity index (χ0n) is 20.5. The van der Waals surface area contributed by atoms with E-state index in [9.17, 15) is 14.4 Å². The Morgan fingerprint density at radius 1 is 1.08 bits per heavy atom. The van der Waals surface area contributed by atoms with Crippen LogP contribution in [0.5, 0.6) is 0 Å². The third-order valence-electron chi connectivity index (χ3n) is 7.02. The summed E-state index contributed by atoms with van der Waals surface area (Å²) < 4.78 is 11.7. The highest BCUT2D eigenvalue weighted by atomic mass is 32.2. The molecule has 0 spiro atoms. The molecular weight excluding hydrogens is 490 g/mol. The van der Waals surface area contributed by atoms with Gasteiger partial charge in [-0.1, -0.05) is 36.4 Å². The van der Waals surface area contributed by atoms with E-state index < -0.39 is 22.7 Å². The predicted octanol–water partition coefficient (Wildman–Crippen LogP) is 2.92. The molecule has 37 heavy (non-hydrogen) atoms. The summed E-state index contributed by atoms with van der Waals surface area (Å²) in [5.74, 6) is -0.825. The molecule has 1 aromatic heterocycles. The van der Waals surface area contributed by atoms with E-state index in [-0.39, 0.29) is 31.1 Å². The van der Waals surface area contributed by atoms with Crippen molar-refractivity contribution in [1.82, 2.24) is 15.2 Å². The van der Waals surface area contributed by atoms with E-state index in [0.717, 1.165) is 24.2 Å². The smallest absolute Gasteiger partial charge is 0.318 e. The molecule has 2 bridgehead atoms. The molecule has 0 amide bonds. The maximum atomic E-state index is 13.7. The lowest BCUT2D eigenvalue weighted by atomic mass is 10.00. The zero-order chi connectivity index (χ0) is 25.5. The standard InChI is InChI=1S/C28H27N3O5S/c1-17-27-24-26(31-13-12-29-20(16-31)14-18-6-3-2-4-7-18)25-19(8-5-11-30-25)15-21(32)28(24)37(17)36-23(34)10-9-22(33)35-27/h2-8,11,20,29H,9-10,12-16H2,1H3/t20-,37?/m0/s1. The Bertz CT molecular complexity index is 1410. The number of esters is 1. The molecule has 1 fully saturated rings. The van der Waals surface area contributed by atoms with Crippen molar-refractivity contribution in [3.05, 3.63) is 81.7 Å². The van der Waals surface area contributed by atoms with Crippen LogP contribution in [0.4, 0.5) is 0 Å². The van der Waals surface area contributed by atoms with Crippen molar-refractivity contribution in [3.63, 3.8) is 0 Å². The normalized spacial score (nSPS) is 24.0. The first kappa shape index (κ1) is 23.8. The summed E-state index contributed by atoms with van der Waals surface area (Å²) in [7, 11) is -1.23. The lowest BCUT2D eigenvalue weighted by Gasteiger charge is -2.37. The molecule has 2 aromatic rings. The molecule has 1 aromatic carbocycles. The number of aromatic nitrogens is 1. The highest BCUT2D eigenvalue weighted by molar-refractivity contribution is 8.17. The highest BCUT2D eigenvalue weighted by Gasteiger charge is 2.43. The molecule has 3 aliphatic heterocycles. The summed E-state index contributed by atoms with van der Waals surface area (Å²) in [6.07, 6.45) is 2.57. The molecule has 4 aliphatic rings. The predicted molar refractivity (Wildman–Crippen MR) is 140 cm³/mol. The molecule has 1 saturated heterocycles. The number of piperazine rings is 1. The average molecular weight is 518 g/mol. The molecule has 1 N–H and O–H groups in total. The number of rotatable bonds is 3. The van der Waals surface area contributed by atoms with Crippen LogP contribution in [0.15, 0.2) is 64.9 Å². The fourth-order valence-electron chi connectivity index (χ4n) is 5.34. The first-order valence-electron chi connectivity index (χ1n) is 12.5. The average Bonchev–Trinajstić information content (AvgIpc) is 3.09. The van der Waals surface area contributed by atoms with Gasteiger partial charge in [0.2, 0.25) is 0 Å².